The molecule has 0 unspecified atom stereocenters. The second kappa shape index (κ2) is 4.42. The van der Waals surface area contributed by atoms with E-state index in [1.165, 1.54) is 0 Å². The minimum atomic E-state index is 0.0738. The lowest BCUT2D eigenvalue weighted by Crippen LogP contribution is -2.35. The highest BCUT2D eigenvalue weighted by Crippen LogP contribution is 2.33. The zero-order valence-corrected chi connectivity index (χ0v) is 11.5. The van der Waals surface area contributed by atoms with Crippen LogP contribution in [-0.4, -0.2) is 28.7 Å². The van der Waals surface area contributed by atoms with Gasteiger partial charge in [-0.05, 0) is 20.8 Å². The summed E-state index contributed by atoms with van der Waals surface area (Å²) < 4.78 is 11.1. The molecule has 5 heteroatoms. The molecule has 2 aromatic rings. The van der Waals surface area contributed by atoms with Crippen molar-refractivity contribution < 1.29 is 9.47 Å². The first kappa shape index (κ1) is 12.3. The molecule has 0 radical (unpaired) electrons. The third-order valence-corrected chi connectivity index (χ3v) is 2.98. The monoisotopic (exact) mass is 261 g/mol. The number of nitrogens with zero attached hydrogens (tertiary/aromatic N) is 1. The van der Waals surface area contributed by atoms with E-state index >= 15 is 0 Å². The predicted octanol–water partition coefficient (Wildman–Crippen LogP) is 2.22. The van der Waals surface area contributed by atoms with Gasteiger partial charge in [0.1, 0.15) is 19.0 Å². The van der Waals surface area contributed by atoms with Crippen molar-refractivity contribution >= 4 is 11.0 Å². The number of ether oxygens (including phenoxy) is 2. The molecule has 0 fully saturated rings. The molecule has 0 aliphatic carbocycles. The van der Waals surface area contributed by atoms with E-state index in [4.69, 9.17) is 9.47 Å². The van der Waals surface area contributed by atoms with Crippen LogP contribution in [-0.2, 0) is 6.54 Å². The van der Waals surface area contributed by atoms with E-state index in [1.807, 2.05) is 12.1 Å². The summed E-state index contributed by atoms with van der Waals surface area (Å²) in [7, 11) is 0. The number of hydrogen-bond donors (Lipinski definition) is 2. The Balaban J connectivity index is 1.88. The minimum Gasteiger partial charge on any atom is -0.486 e. The van der Waals surface area contributed by atoms with Crippen molar-refractivity contribution in [2.45, 2.75) is 32.9 Å². The van der Waals surface area contributed by atoms with Crippen molar-refractivity contribution in [3.63, 3.8) is 0 Å². The lowest BCUT2D eigenvalue weighted by Gasteiger charge is -2.19. The first-order chi connectivity index (χ1) is 9.01. The Morgan fingerprint density at radius 3 is 2.58 bits per heavy atom. The highest BCUT2D eigenvalue weighted by atomic mass is 16.6. The van der Waals surface area contributed by atoms with Crippen LogP contribution in [0.4, 0.5) is 0 Å². The van der Waals surface area contributed by atoms with Gasteiger partial charge < -0.3 is 19.8 Å². The van der Waals surface area contributed by atoms with Gasteiger partial charge in [0.25, 0.3) is 0 Å². The van der Waals surface area contributed by atoms with E-state index in [2.05, 4.69) is 36.1 Å². The number of aromatic amines is 1. The standard InChI is InChI=1S/C14H19N3O2/c1-14(2,3)15-8-13-16-9-6-11-12(7-10(9)17-13)19-5-4-18-11/h6-7,15H,4-5,8H2,1-3H3,(H,16,17). The summed E-state index contributed by atoms with van der Waals surface area (Å²) >= 11 is 0. The number of fused-ring (bicyclic) bond motifs is 2. The quantitative estimate of drug-likeness (QED) is 0.870. The summed E-state index contributed by atoms with van der Waals surface area (Å²) in [4.78, 5) is 7.88. The largest absolute Gasteiger partial charge is 0.486 e. The van der Waals surface area contributed by atoms with E-state index in [-0.39, 0.29) is 5.54 Å². The van der Waals surface area contributed by atoms with Crippen molar-refractivity contribution in [1.29, 1.82) is 0 Å². The molecule has 5 nitrogen and oxygen atoms in total. The van der Waals surface area contributed by atoms with Gasteiger partial charge in [-0.15, -0.1) is 0 Å². The Morgan fingerprint density at radius 1 is 1.21 bits per heavy atom. The lowest BCUT2D eigenvalue weighted by atomic mass is 10.1. The Kier molecular flexibility index (Phi) is 2.86. The highest BCUT2D eigenvalue weighted by molar-refractivity contribution is 5.79. The van der Waals surface area contributed by atoms with E-state index < -0.39 is 0 Å². The summed E-state index contributed by atoms with van der Waals surface area (Å²) in [5, 5.41) is 3.41. The molecule has 19 heavy (non-hydrogen) atoms. The Hall–Kier alpha value is -1.75. The van der Waals surface area contributed by atoms with Crippen molar-refractivity contribution in [2.24, 2.45) is 0 Å². The maximum atomic E-state index is 5.57. The van der Waals surface area contributed by atoms with Crippen LogP contribution in [0.15, 0.2) is 12.1 Å². The fraction of sp³-hybridized carbons (Fsp3) is 0.500. The van der Waals surface area contributed by atoms with Crippen LogP contribution >= 0.6 is 0 Å². The first-order valence-corrected chi connectivity index (χ1v) is 6.54. The van der Waals surface area contributed by atoms with Gasteiger partial charge >= 0.3 is 0 Å². The Morgan fingerprint density at radius 2 is 1.89 bits per heavy atom. The molecule has 0 spiro atoms. The average Bonchev–Trinajstić information content (AvgIpc) is 2.74. The van der Waals surface area contributed by atoms with Gasteiger partial charge in [0, 0.05) is 17.7 Å². The van der Waals surface area contributed by atoms with Gasteiger partial charge in [0.05, 0.1) is 17.6 Å². The SMILES string of the molecule is CC(C)(C)NCc1nc2cc3c(cc2[nH]1)OCCO3. The molecule has 0 saturated carbocycles. The highest BCUT2D eigenvalue weighted by Gasteiger charge is 2.15. The number of imidazole rings is 1. The second-order valence-electron chi connectivity index (χ2n) is 5.80. The van der Waals surface area contributed by atoms with Crippen molar-refractivity contribution in [1.82, 2.24) is 15.3 Å². The minimum absolute atomic E-state index is 0.0738. The Bertz CT molecular complexity index is 555. The van der Waals surface area contributed by atoms with E-state index in [1.54, 1.807) is 0 Å². The topological polar surface area (TPSA) is 59.2 Å². The summed E-state index contributed by atoms with van der Waals surface area (Å²) in [6, 6.07) is 3.89. The first-order valence-electron chi connectivity index (χ1n) is 6.54. The number of benzene rings is 1. The molecule has 3 rings (SSSR count). The summed E-state index contributed by atoms with van der Waals surface area (Å²) in [6.07, 6.45) is 0. The van der Waals surface area contributed by atoms with Crippen LogP contribution in [0.25, 0.3) is 11.0 Å². The predicted molar refractivity (Wildman–Crippen MR) is 73.7 cm³/mol. The fourth-order valence-electron chi connectivity index (χ4n) is 2.03. The van der Waals surface area contributed by atoms with E-state index in [9.17, 15) is 0 Å². The van der Waals surface area contributed by atoms with Gasteiger partial charge in [-0.1, -0.05) is 0 Å². The van der Waals surface area contributed by atoms with Crippen LogP contribution < -0.4 is 14.8 Å². The maximum absolute atomic E-state index is 5.57. The number of nitrogens with one attached hydrogen (secondary N) is 2. The van der Waals surface area contributed by atoms with Crippen molar-refractivity contribution in [3.05, 3.63) is 18.0 Å². The van der Waals surface area contributed by atoms with E-state index in [0.717, 1.165) is 28.4 Å². The van der Waals surface area contributed by atoms with Gasteiger partial charge in [-0.25, -0.2) is 4.98 Å². The lowest BCUT2D eigenvalue weighted by molar-refractivity contribution is 0.172. The van der Waals surface area contributed by atoms with Gasteiger partial charge in [-0.3, -0.25) is 0 Å². The van der Waals surface area contributed by atoms with Crippen LogP contribution in [0.1, 0.15) is 26.6 Å². The molecular formula is C14H19N3O2. The third-order valence-electron chi connectivity index (χ3n) is 2.98. The molecule has 1 aromatic heterocycles. The molecule has 2 N–H and O–H groups in total. The molecule has 2 heterocycles. The fourth-order valence-corrected chi connectivity index (χ4v) is 2.03. The van der Waals surface area contributed by atoms with Gasteiger partial charge in [-0.2, -0.15) is 0 Å². The van der Waals surface area contributed by atoms with Crippen molar-refractivity contribution in [2.75, 3.05) is 13.2 Å². The van der Waals surface area contributed by atoms with Gasteiger partial charge in [0.2, 0.25) is 0 Å². The summed E-state index contributed by atoms with van der Waals surface area (Å²) in [5.74, 6) is 2.49. The number of H-pyrrole nitrogens is 1. The molecule has 1 aliphatic rings. The summed E-state index contributed by atoms with van der Waals surface area (Å²) in [6.45, 7) is 8.32. The molecule has 0 bridgehead atoms. The zero-order chi connectivity index (χ0) is 13.5. The van der Waals surface area contributed by atoms with Gasteiger partial charge in [0.15, 0.2) is 11.5 Å². The van der Waals surface area contributed by atoms with Crippen LogP contribution in [0, 0.1) is 0 Å². The number of hydrogen-bond acceptors (Lipinski definition) is 4. The Labute approximate surface area is 112 Å². The number of aromatic nitrogens is 2. The molecule has 1 aliphatic heterocycles. The second-order valence-corrected chi connectivity index (χ2v) is 5.80. The molecular weight excluding hydrogens is 242 g/mol. The average molecular weight is 261 g/mol. The van der Waals surface area contributed by atoms with Crippen LogP contribution in [0.2, 0.25) is 0 Å². The smallest absolute Gasteiger partial charge is 0.163 e. The molecule has 1 aromatic carbocycles. The molecule has 0 atom stereocenters. The van der Waals surface area contributed by atoms with Crippen molar-refractivity contribution in [3.8, 4) is 11.5 Å². The molecule has 0 saturated heterocycles. The number of rotatable bonds is 2. The van der Waals surface area contributed by atoms with Crippen LogP contribution in [0.3, 0.4) is 0 Å². The third kappa shape index (κ3) is 2.66. The summed E-state index contributed by atoms with van der Waals surface area (Å²) in [5.41, 5.74) is 1.97. The zero-order valence-electron chi connectivity index (χ0n) is 11.5. The molecule has 102 valence electrons. The van der Waals surface area contributed by atoms with Crippen LogP contribution in [0.5, 0.6) is 11.5 Å². The van der Waals surface area contributed by atoms with E-state index in [0.29, 0.717) is 19.8 Å². The maximum Gasteiger partial charge on any atom is 0.163 e. The normalized spacial score (nSPS) is 14.9. The molecule has 0 amide bonds.